The van der Waals surface area contributed by atoms with Crippen molar-refractivity contribution in [2.24, 2.45) is 5.41 Å². The van der Waals surface area contributed by atoms with E-state index in [0.29, 0.717) is 5.41 Å². The molecule has 15 heavy (non-hydrogen) atoms. The Morgan fingerprint density at radius 1 is 1.27 bits per heavy atom. The molecule has 2 heteroatoms. The lowest BCUT2D eigenvalue weighted by molar-refractivity contribution is 0.0967. The van der Waals surface area contributed by atoms with Crippen LogP contribution in [-0.2, 0) is 4.74 Å². The van der Waals surface area contributed by atoms with Crippen molar-refractivity contribution in [3.8, 4) is 0 Å². The summed E-state index contributed by atoms with van der Waals surface area (Å²) in [6, 6.07) is 0.826. The Morgan fingerprint density at radius 2 is 2.00 bits per heavy atom. The van der Waals surface area contributed by atoms with Crippen LogP contribution >= 0.6 is 0 Å². The van der Waals surface area contributed by atoms with Crippen LogP contribution in [0.5, 0.6) is 0 Å². The van der Waals surface area contributed by atoms with Gasteiger partial charge >= 0.3 is 0 Å². The Kier molecular flexibility index (Phi) is 5.62. The number of ether oxygens (including phenoxy) is 1. The lowest BCUT2D eigenvalue weighted by Gasteiger charge is -2.28. The van der Waals surface area contributed by atoms with E-state index < -0.39 is 0 Å². The van der Waals surface area contributed by atoms with Gasteiger partial charge in [0.05, 0.1) is 0 Å². The third-order valence-electron chi connectivity index (χ3n) is 3.45. The average molecular weight is 213 g/mol. The van der Waals surface area contributed by atoms with Crippen LogP contribution < -0.4 is 5.32 Å². The van der Waals surface area contributed by atoms with Crippen molar-refractivity contribution in [3.05, 3.63) is 0 Å². The molecule has 0 saturated heterocycles. The van der Waals surface area contributed by atoms with E-state index in [-0.39, 0.29) is 0 Å². The Labute approximate surface area is 94.8 Å². The zero-order valence-corrected chi connectivity index (χ0v) is 10.6. The number of nitrogens with one attached hydrogen (secondary N) is 1. The number of rotatable bonds is 9. The summed E-state index contributed by atoms with van der Waals surface area (Å²) in [5.74, 6) is 0. The van der Waals surface area contributed by atoms with Gasteiger partial charge in [-0.1, -0.05) is 20.8 Å². The lowest BCUT2D eigenvalue weighted by atomic mass is 9.84. The van der Waals surface area contributed by atoms with Gasteiger partial charge in [-0.3, -0.25) is 0 Å². The second-order valence-corrected chi connectivity index (χ2v) is 5.18. The van der Waals surface area contributed by atoms with Crippen LogP contribution in [0.25, 0.3) is 0 Å². The maximum Gasteiger partial charge on any atom is 0.0471 e. The fourth-order valence-electron chi connectivity index (χ4n) is 1.63. The monoisotopic (exact) mass is 213 g/mol. The molecule has 90 valence electrons. The van der Waals surface area contributed by atoms with Gasteiger partial charge in [-0.25, -0.2) is 0 Å². The molecule has 1 aliphatic carbocycles. The molecular formula is C13H27NO. The molecule has 0 radical (unpaired) electrons. The highest BCUT2D eigenvalue weighted by Crippen LogP contribution is 2.27. The van der Waals surface area contributed by atoms with Gasteiger partial charge < -0.3 is 10.1 Å². The summed E-state index contributed by atoms with van der Waals surface area (Å²) < 4.78 is 5.57. The maximum absolute atomic E-state index is 5.57. The summed E-state index contributed by atoms with van der Waals surface area (Å²) in [5.41, 5.74) is 0.427. The third kappa shape index (κ3) is 5.53. The Hall–Kier alpha value is -0.0800. The molecule has 0 aromatic carbocycles. The molecule has 0 heterocycles. The normalized spacial score (nSPS) is 20.2. The minimum atomic E-state index is 0.427. The van der Waals surface area contributed by atoms with E-state index in [4.69, 9.17) is 4.74 Å². The van der Waals surface area contributed by atoms with E-state index in [1.54, 1.807) is 0 Å². The van der Waals surface area contributed by atoms with Crippen molar-refractivity contribution in [3.63, 3.8) is 0 Å². The van der Waals surface area contributed by atoms with E-state index in [9.17, 15) is 0 Å². The molecule has 0 bridgehead atoms. The summed E-state index contributed by atoms with van der Waals surface area (Å²) in [7, 11) is 0. The second-order valence-electron chi connectivity index (χ2n) is 5.18. The Morgan fingerprint density at radius 3 is 2.53 bits per heavy atom. The smallest absolute Gasteiger partial charge is 0.0471 e. The largest absolute Gasteiger partial charge is 0.381 e. The zero-order valence-electron chi connectivity index (χ0n) is 10.6. The summed E-state index contributed by atoms with van der Waals surface area (Å²) in [4.78, 5) is 0. The van der Waals surface area contributed by atoms with Gasteiger partial charge in [-0.05, 0) is 37.5 Å². The molecule has 0 aliphatic heterocycles. The minimum absolute atomic E-state index is 0.427. The number of hydrogen-bond donors (Lipinski definition) is 1. The molecule has 1 unspecified atom stereocenters. The van der Waals surface area contributed by atoms with E-state index in [1.165, 1.54) is 25.7 Å². The molecule has 1 N–H and O–H groups in total. The Balaban J connectivity index is 2.11. The summed E-state index contributed by atoms with van der Waals surface area (Å²) in [6.45, 7) is 9.81. The molecule has 0 aromatic rings. The second kappa shape index (κ2) is 6.49. The molecule has 1 fully saturated rings. The van der Waals surface area contributed by atoms with Gasteiger partial charge in [-0.15, -0.1) is 0 Å². The van der Waals surface area contributed by atoms with Crippen LogP contribution in [0.1, 0.15) is 52.9 Å². The van der Waals surface area contributed by atoms with E-state index in [0.717, 1.165) is 32.2 Å². The van der Waals surface area contributed by atoms with Gasteiger partial charge in [0.2, 0.25) is 0 Å². The highest BCUT2D eigenvalue weighted by Gasteiger charge is 2.26. The molecule has 0 amide bonds. The molecule has 1 aliphatic rings. The van der Waals surface area contributed by atoms with E-state index in [1.807, 2.05) is 0 Å². The lowest BCUT2D eigenvalue weighted by Crippen LogP contribution is -2.33. The van der Waals surface area contributed by atoms with Gasteiger partial charge in [0.1, 0.15) is 0 Å². The van der Waals surface area contributed by atoms with Crippen molar-refractivity contribution in [2.75, 3.05) is 19.8 Å². The molecule has 1 atom stereocenters. The topological polar surface area (TPSA) is 21.3 Å². The van der Waals surface area contributed by atoms with Crippen LogP contribution in [0.3, 0.4) is 0 Å². The standard InChI is InChI=1S/C13H27NO/c1-4-9-15-10-8-13(3,5-2)11-14-12-6-7-12/h12,14H,4-11H2,1-3H3. The quantitative estimate of drug-likeness (QED) is 0.595. The van der Waals surface area contributed by atoms with Crippen LogP contribution in [0.2, 0.25) is 0 Å². The average Bonchev–Trinajstić information content (AvgIpc) is 3.06. The van der Waals surface area contributed by atoms with Crippen molar-refractivity contribution in [1.29, 1.82) is 0 Å². The first-order valence-electron chi connectivity index (χ1n) is 6.51. The molecular weight excluding hydrogens is 186 g/mol. The van der Waals surface area contributed by atoms with Gasteiger partial charge in [0.25, 0.3) is 0 Å². The highest BCUT2D eigenvalue weighted by molar-refractivity contribution is 4.85. The minimum Gasteiger partial charge on any atom is -0.381 e. The summed E-state index contributed by atoms with van der Waals surface area (Å²) in [5, 5.41) is 3.63. The third-order valence-corrected chi connectivity index (χ3v) is 3.45. The first-order chi connectivity index (χ1) is 7.20. The van der Waals surface area contributed by atoms with E-state index in [2.05, 4.69) is 26.1 Å². The van der Waals surface area contributed by atoms with Crippen molar-refractivity contribution in [2.45, 2.75) is 58.9 Å². The predicted molar refractivity (Wildman–Crippen MR) is 65.1 cm³/mol. The summed E-state index contributed by atoms with van der Waals surface area (Å²) in [6.07, 6.45) is 6.31. The first kappa shape index (κ1) is 13.0. The van der Waals surface area contributed by atoms with Crippen LogP contribution in [-0.4, -0.2) is 25.8 Å². The summed E-state index contributed by atoms with van der Waals surface area (Å²) >= 11 is 0. The molecule has 0 aromatic heterocycles. The van der Waals surface area contributed by atoms with Crippen LogP contribution in [0.15, 0.2) is 0 Å². The van der Waals surface area contributed by atoms with Crippen LogP contribution in [0, 0.1) is 5.41 Å². The Bertz CT molecular complexity index is 168. The SMILES string of the molecule is CCCOCCC(C)(CC)CNC1CC1. The van der Waals surface area contributed by atoms with Crippen molar-refractivity contribution >= 4 is 0 Å². The van der Waals surface area contributed by atoms with Gasteiger partial charge in [0, 0.05) is 25.8 Å². The highest BCUT2D eigenvalue weighted by atomic mass is 16.5. The fourth-order valence-corrected chi connectivity index (χ4v) is 1.63. The van der Waals surface area contributed by atoms with Crippen molar-refractivity contribution < 1.29 is 4.74 Å². The van der Waals surface area contributed by atoms with Gasteiger partial charge in [-0.2, -0.15) is 0 Å². The number of hydrogen-bond acceptors (Lipinski definition) is 2. The molecule has 1 rings (SSSR count). The first-order valence-corrected chi connectivity index (χ1v) is 6.51. The molecule has 1 saturated carbocycles. The maximum atomic E-state index is 5.57. The van der Waals surface area contributed by atoms with Crippen molar-refractivity contribution in [1.82, 2.24) is 5.32 Å². The fraction of sp³-hybridized carbons (Fsp3) is 1.00. The zero-order chi connectivity index (χ0) is 11.1. The van der Waals surface area contributed by atoms with E-state index >= 15 is 0 Å². The molecule has 2 nitrogen and oxygen atoms in total. The van der Waals surface area contributed by atoms with Gasteiger partial charge in [0.15, 0.2) is 0 Å². The van der Waals surface area contributed by atoms with Crippen LogP contribution in [0.4, 0.5) is 0 Å². The predicted octanol–water partition coefficient (Wildman–Crippen LogP) is 2.97. The molecule has 0 spiro atoms.